The van der Waals surface area contributed by atoms with E-state index in [9.17, 15) is 43.2 Å². The maximum Gasteiger partial charge on any atom is 0.472 e. The van der Waals surface area contributed by atoms with Crippen LogP contribution < -0.4 is 0 Å². The summed E-state index contributed by atoms with van der Waals surface area (Å²) in [6, 6.07) is 0. The van der Waals surface area contributed by atoms with E-state index in [1.54, 1.807) is 0 Å². The van der Waals surface area contributed by atoms with Crippen LogP contribution >= 0.6 is 15.6 Å². The van der Waals surface area contributed by atoms with Crippen molar-refractivity contribution in [2.24, 2.45) is 23.7 Å². The average molecular weight is 1490 g/mol. The molecule has 0 bridgehead atoms. The molecule has 17 nitrogen and oxygen atoms in total. The molecule has 0 spiro atoms. The number of unbranched alkanes of at least 4 members (excludes halogenated alkanes) is 44. The van der Waals surface area contributed by atoms with Crippen LogP contribution in [0.25, 0.3) is 0 Å². The molecule has 0 aliphatic heterocycles. The summed E-state index contributed by atoms with van der Waals surface area (Å²) in [4.78, 5) is 73.1. The largest absolute Gasteiger partial charge is 0.472 e. The van der Waals surface area contributed by atoms with Gasteiger partial charge in [-0.05, 0) is 49.4 Å². The van der Waals surface area contributed by atoms with Gasteiger partial charge in [-0.15, -0.1) is 0 Å². The number of aliphatic hydroxyl groups excluding tert-OH is 1. The highest BCUT2D eigenvalue weighted by molar-refractivity contribution is 7.47. The first-order valence-corrected chi connectivity index (χ1v) is 45.8. The summed E-state index contributed by atoms with van der Waals surface area (Å²) in [5, 5.41) is 10.7. The molecular weight excluding hydrogens is 1330 g/mol. The fourth-order valence-corrected chi connectivity index (χ4v) is 14.3. The second-order valence-electron chi connectivity index (χ2n) is 31.3. The van der Waals surface area contributed by atoms with E-state index in [1.165, 1.54) is 225 Å². The van der Waals surface area contributed by atoms with Gasteiger partial charge in [0.05, 0.1) is 26.4 Å². The van der Waals surface area contributed by atoms with Crippen molar-refractivity contribution in [3.05, 3.63) is 0 Å². The molecule has 0 aliphatic rings. The molecule has 606 valence electrons. The van der Waals surface area contributed by atoms with E-state index < -0.39 is 97.5 Å². The molecule has 0 rings (SSSR count). The Morgan fingerprint density at radius 2 is 0.471 bits per heavy atom. The van der Waals surface area contributed by atoms with Crippen LogP contribution in [0.2, 0.25) is 0 Å². The van der Waals surface area contributed by atoms with Crippen molar-refractivity contribution in [1.82, 2.24) is 0 Å². The Hall–Kier alpha value is -1.94. The Bertz CT molecular complexity index is 1990. The van der Waals surface area contributed by atoms with Gasteiger partial charge in [0.25, 0.3) is 0 Å². The van der Waals surface area contributed by atoms with Crippen molar-refractivity contribution in [3.8, 4) is 0 Å². The number of hydrogen-bond acceptors (Lipinski definition) is 15. The van der Waals surface area contributed by atoms with Gasteiger partial charge in [-0.3, -0.25) is 37.3 Å². The molecule has 0 radical (unpaired) electrons. The first-order valence-electron chi connectivity index (χ1n) is 42.8. The Balaban J connectivity index is 5.23. The van der Waals surface area contributed by atoms with E-state index in [0.29, 0.717) is 25.7 Å². The van der Waals surface area contributed by atoms with Crippen LogP contribution in [0, 0.1) is 23.7 Å². The fraction of sp³-hybridized carbons (Fsp3) is 0.952. The van der Waals surface area contributed by atoms with Gasteiger partial charge in [-0.2, -0.15) is 0 Å². The van der Waals surface area contributed by atoms with Crippen molar-refractivity contribution in [2.75, 3.05) is 39.6 Å². The molecule has 0 saturated carbocycles. The molecule has 7 atom stereocenters. The molecule has 19 heteroatoms. The van der Waals surface area contributed by atoms with Crippen LogP contribution in [0.15, 0.2) is 0 Å². The molecule has 0 heterocycles. The number of phosphoric ester groups is 2. The second-order valence-corrected chi connectivity index (χ2v) is 34.2. The third-order valence-electron chi connectivity index (χ3n) is 20.0. The van der Waals surface area contributed by atoms with Crippen molar-refractivity contribution in [3.63, 3.8) is 0 Å². The molecule has 4 unspecified atom stereocenters. The molecular formula is C83H162O17P2. The standard InChI is InChI=1S/C83H162O17P2/c1-9-75(7)61-53-45-37-31-24-20-17-18-21-25-32-38-47-55-63-80(85)93-69-78(99-82(87)65-57-49-39-33-26-22-16-14-12-11-13-15-19-23-29-35-43-51-59-73(3)4)71-97-101(89,90)95-67-77(84)68-96-102(91,92)98-72-79(70-94-81(86)64-56-48-42-41-46-54-62-76(8)10-2)100-83(88)66-58-50-40-34-28-27-30-36-44-52-60-74(5)6/h73-79,84H,9-72H2,1-8H3,(H,89,90)(H,91,92)/t75?,76?,77-,78-,79-/m1/s1. The zero-order chi connectivity index (χ0) is 75.3. The molecule has 0 fully saturated rings. The third kappa shape index (κ3) is 73.6. The smallest absolute Gasteiger partial charge is 0.462 e. The predicted octanol–water partition coefficient (Wildman–Crippen LogP) is 24.8. The number of hydrogen-bond donors (Lipinski definition) is 3. The summed E-state index contributed by atoms with van der Waals surface area (Å²) in [5.41, 5.74) is 0. The van der Waals surface area contributed by atoms with Crippen LogP contribution in [0.3, 0.4) is 0 Å². The van der Waals surface area contributed by atoms with E-state index in [1.807, 2.05) is 0 Å². The first kappa shape index (κ1) is 100. The first-order chi connectivity index (χ1) is 49.2. The van der Waals surface area contributed by atoms with E-state index in [0.717, 1.165) is 120 Å². The lowest BCUT2D eigenvalue weighted by molar-refractivity contribution is -0.161. The SMILES string of the molecule is CCC(C)CCCCCCCCCCCCCCCCC(=O)OC[C@H](COP(=O)(O)OC[C@@H](O)COP(=O)(O)OC[C@@H](COC(=O)CCCCCCCCC(C)CC)OC(=O)CCCCCCCCCCCCC(C)C)OC(=O)CCCCCCCCCCCCCCCCCCCCC(C)C. The van der Waals surface area contributed by atoms with Gasteiger partial charge in [-0.25, -0.2) is 9.13 Å². The number of rotatable bonds is 80. The van der Waals surface area contributed by atoms with Gasteiger partial charge in [0.1, 0.15) is 19.3 Å². The maximum atomic E-state index is 13.1. The van der Waals surface area contributed by atoms with Gasteiger partial charge in [0.15, 0.2) is 12.2 Å². The maximum absolute atomic E-state index is 13.1. The summed E-state index contributed by atoms with van der Waals surface area (Å²) in [5.74, 6) is 1.04. The molecule has 3 N–H and O–H groups in total. The minimum Gasteiger partial charge on any atom is -0.462 e. The van der Waals surface area contributed by atoms with Gasteiger partial charge >= 0.3 is 39.5 Å². The number of phosphoric acid groups is 2. The van der Waals surface area contributed by atoms with Crippen molar-refractivity contribution >= 4 is 39.5 Å². The Kier molecular flexibility index (Phi) is 70.6. The van der Waals surface area contributed by atoms with Crippen LogP contribution in [-0.4, -0.2) is 96.7 Å². The fourth-order valence-electron chi connectivity index (χ4n) is 12.7. The normalized spacial score (nSPS) is 14.5. The molecule has 0 amide bonds. The summed E-state index contributed by atoms with van der Waals surface area (Å²) in [6.45, 7) is 14.3. The minimum absolute atomic E-state index is 0.105. The quantitative estimate of drug-likeness (QED) is 0.0222. The number of ether oxygens (including phenoxy) is 4. The van der Waals surface area contributed by atoms with Crippen molar-refractivity contribution < 1.29 is 80.2 Å². The highest BCUT2D eigenvalue weighted by Crippen LogP contribution is 2.45. The summed E-state index contributed by atoms with van der Waals surface area (Å²) in [6.07, 6.45) is 59.7. The highest BCUT2D eigenvalue weighted by Gasteiger charge is 2.30. The molecule has 0 aliphatic carbocycles. The van der Waals surface area contributed by atoms with Crippen molar-refractivity contribution in [1.29, 1.82) is 0 Å². The summed E-state index contributed by atoms with van der Waals surface area (Å²) >= 11 is 0. The lowest BCUT2D eigenvalue weighted by atomic mass is 9.99. The zero-order valence-electron chi connectivity index (χ0n) is 67.2. The monoisotopic (exact) mass is 1490 g/mol. The Labute approximate surface area is 626 Å². The summed E-state index contributed by atoms with van der Waals surface area (Å²) in [7, 11) is -9.92. The topological polar surface area (TPSA) is 237 Å². The van der Waals surface area contributed by atoms with Gasteiger partial charge in [-0.1, -0.05) is 376 Å². The van der Waals surface area contributed by atoms with Crippen LogP contribution in [-0.2, 0) is 65.4 Å². The predicted molar refractivity (Wildman–Crippen MR) is 418 cm³/mol. The molecule has 0 aromatic rings. The third-order valence-corrected chi connectivity index (χ3v) is 21.9. The summed E-state index contributed by atoms with van der Waals surface area (Å²) < 4.78 is 68.8. The molecule has 0 aromatic carbocycles. The Morgan fingerprint density at radius 3 is 0.696 bits per heavy atom. The second kappa shape index (κ2) is 72.0. The minimum atomic E-state index is -4.96. The average Bonchev–Trinajstić information content (AvgIpc) is 0.915. The number of carbonyl (C=O) groups is 4. The molecule has 0 saturated heterocycles. The van der Waals surface area contributed by atoms with Crippen LogP contribution in [0.1, 0.15) is 428 Å². The number of esters is 4. The van der Waals surface area contributed by atoms with Gasteiger partial charge < -0.3 is 33.8 Å². The number of carbonyl (C=O) groups excluding carboxylic acids is 4. The molecule has 0 aromatic heterocycles. The van der Waals surface area contributed by atoms with Crippen LogP contribution in [0.4, 0.5) is 0 Å². The van der Waals surface area contributed by atoms with Gasteiger partial charge in [0.2, 0.25) is 0 Å². The molecule has 102 heavy (non-hydrogen) atoms. The highest BCUT2D eigenvalue weighted by atomic mass is 31.2. The van der Waals surface area contributed by atoms with E-state index >= 15 is 0 Å². The van der Waals surface area contributed by atoms with E-state index in [4.69, 9.17) is 37.0 Å². The number of aliphatic hydroxyl groups is 1. The van der Waals surface area contributed by atoms with E-state index in [-0.39, 0.29) is 25.7 Å². The van der Waals surface area contributed by atoms with Gasteiger partial charge in [0, 0.05) is 25.7 Å². The van der Waals surface area contributed by atoms with E-state index in [2.05, 4.69) is 55.4 Å². The Morgan fingerprint density at radius 1 is 0.275 bits per heavy atom. The van der Waals surface area contributed by atoms with Crippen molar-refractivity contribution in [2.45, 2.75) is 446 Å². The lowest BCUT2D eigenvalue weighted by Gasteiger charge is -2.21. The lowest BCUT2D eigenvalue weighted by Crippen LogP contribution is -2.30. The van der Waals surface area contributed by atoms with Crippen LogP contribution in [0.5, 0.6) is 0 Å². The zero-order valence-corrected chi connectivity index (χ0v) is 69.0.